The summed E-state index contributed by atoms with van der Waals surface area (Å²) in [4.78, 5) is 12.0. The number of aromatic nitrogens is 3. The van der Waals surface area contributed by atoms with Gasteiger partial charge in [0.05, 0.1) is 11.0 Å². The average Bonchev–Trinajstić information content (AvgIpc) is 3.74. The van der Waals surface area contributed by atoms with Crippen molar-refractivity contribution in [1.82, 2.24) is 14.5 Å². The van der Waals surface area contributed by atoms with Crippen LogP contribution in [-0.2, 0) is 0 Å². The van der Waals surface area contributed by atoms with E-state index in [9.17, 15) is 0 Å². The van der Waals surface area contributed by atoms with Gasteiger partial charge in [0.2, 0.25) is 5.95 Å². The van der Waals surface area contributed by atoms with E-state index in [1.165, 1.54) is 16.5 Å². The van der Waals surface area contributed by atoms with E-state index in [-0.39, 0.29) is 0 Å². The Labute approximate surface area is 294 Å². The summed E-state index contributed by atoms with van der Waals surface area (Å²) in [5.74, 6) is 0.585. The molecule has 3 heterocycles. The molecule has 0 unspecified atom stereocenters. The summed E-state index contributed by atoms with van der Waals surface area (Å²) in [5.41, 5.74) is 11.5. The van der Waals surface area contributed by atoms with Gasteiger partial charge in [-0.15, -0.1) is 0 Å². The van der Waals surface area contributed by atoms with Gasteiger partial charge < -0.3 is 8.98 Å². The maximum Gasteiger partial charge on any atom is 0.234 e. The van der Waals surface area contributed by atoms with Gasteiger partial charge in [0.1, 0.15) is 11.2 Å². The molecule has 10 aromatic rings. The van der Waals surface area contributed by atoms with E-state index in [1.807, 2.05) is 54.9 Å². The molecule has 0 fully saturated rings. The number of rotatable bonds is 6. The number of fused-ring (bicyclic) bond motifs is 6. The highest BCUT2D eigenvalue weighted by molar-refractivity contribution is 6.11. The Kier molecular flexibility index (Phi) is 6.74. The molecule has 240 valence electrons. The van der Waals surface area contributed by atoms with Crippen LogP contribution in [0.25, 0.3) is 71.7 Å². The molecule has 0 aliphatic heterocycles. The standard InChI is InChI=1S/C46H30N4O/c1-3-11-31(12-4-1)33-19-21-35(22-20-33)50-42-17-9-7-15-38(42)40-27-36(23-25-43(40)50)49(46-47-29-34(30-48-46)32-13-5-2-6-14-32)37-24-26-45-41(28-37)39-16-8-10-18-44(39)51-45/h1-30H. The van der Waals surface area contributed by atoms with E-state index in [2.05, 4.69) is 137 Å². The molecule has 3 aromatic heterocycles. The van der Waals surface area contributed by atoms with Gasteiger partial charge in [-0.2, -0.15) is 0 Å². The fourth-order valence-electron chi connectivity index (χ4n) is 7.26. The maximum atomic E-state index is 6.19. The molecule has 0 aliphatic rings. The first-order chi connectivity index (χ1) is 25.3. The highest BCUT2D eigenvalue weighted by atomic mass is 16.3. The van der Waals surface area contributed by atoms with E-state index < -0.39 is 0 Å². The van der Waals surface area contributed by atoms with E-state index in [0.717, 1.165) is 66.5 Å². The van der Waals surface area contributed by atoms with Gasteiger partial charge in [0.25, 0.3) is 0 Å². The van der Waals surface area contributed by atoms with Gasteiger partial charge in [-0.3, -0.25) is 4.90 Å². The molecule has 5 nitrogen and oxygen atoms in total. The van der Waals surface area contributed by atoms with Crippen LogP contribution in [0.1, 0.15) is 0 Å². The number of hydrogen-bond acceptors (Lipinski definition) is 4. The molecule has 0 bridgehead atoms. The SMILES string of the molecule is c1ccc(-c2ccc(-n3c4ccccc4c4cc(N(c5ccc6oc7ccccc7c6c5)c5ncc(-c6ccccc6)cn5)ccc43)cc2)cc1. The Morgan fingerprint density at radius 2 is 0.961 bits per heavy atom. The van der Waals surface area contributed by atoms with Crippen molar-refractivity contribution in [3.63, 3.8) is 0 Å². The zero-order chi connectivity index (χ0) is 33.7. The van der Waals surface area contributed by atoms with E-state index in [0.29, 0.717) is 5.95 Å². The van der Waals surface area contributed by atoms with Crippen molar-refractivity contribution in [2.45, 2.75) is 0 Å². The second kappa shape index (κ2) is 11.9. The third kappa shape index (κ3) is 4.94. The van der Waals surface area contributed by atoms with Crippen LogP contribution >= 0.6 is 0 Å². The molecule has 0 spiro atoms. The molecule has 0 radical (unpaired) electrons. The van der Waals surface area contributed by atoms with Gasteiger partial charge in [-0.25, -0.2) is 9.97 Å². The van der Waals surface area contributed by atoms with Crippen molar-refractivity contribution >= 4 is 61.1 Å². The lowest BCUT2D eigenvalue weighted by molar-refractivity contribution is 0.669. The second-order valence-electron chi connectivity index (χ2n) is 12.7. The van der Waals surface area contributed by atoms with E-state index in [4.69, 9.17) is 14.4 Å². The van der Waals surface area contributed by atoms with Crippen molar-refractivity contribution in [3.05, 3.63) is 182 Å². The molecule has 7 aromatic carbocycles. The van der Waals surface area contributed by atoms with Crippen molar-refractivity contribution in [2.24, 2.45) is 0 Å². The minimum atomic E-state index is 0.585. The summed E-state index contributed by atoms with van der Waals surface area (Å²) in [7, 11) is 0. The monoisotopic (exact) mass is 654 g/mol. The molecule has 0 saturated heterocycles. The normalized spacial score (nSPS) is 11.5. The summed E-state index contributed by atoms with van der Waals surface area (Å²) in [6.45, 7) is 0. The first kappa shape index (κ1) is 29.0. The van der Waals surface area contributed by atoms with Crippen LogP contribution in [0.4, 0.5) is 17.3 Å². The van der Waals surface area contributed by atoms with E-state index in [1.54, 1.807) is 0 Å². The molecule has 51 heavy (non-hydrogen) atoms. The zero-order valence-electron chi connectivity index (χ0n) is 27.5. The van der Waals surface area contributed by atoms with Gasteiger partial charge in [-0.05, 0) is 77.4 Å². The molecule has 5 heteroatoms. The minimum absolute atomic E-state index is 0.585. The van der Waals surface area contributed by atoms with Crippen LogP contribution in [0, 0.1) is 0 Å². The molecule has 0 atom stereocenters. The number of para-hydroxylation sites is 2. The molecular weight excluding hydrogens is 625 g/mol. The van der Waals surface area contributed by atoms with Gasteiger partial charge in [-0.1, -0.05) is 109 Å². The van der Waals surface area contributed by atoms with Crippen LogP contribution in [0.15, 0.2) is 187 Å². The van der Waals surface area contributed by atoms with Crippen molar-refractivity contribution in [3.8, 4) is 27.9 Å². The Bertz CT molecular complexity index is 2840. The summed E-state index contributed by atoms with van der Waals surface area (Å²) < 4.78 is 8.54. The van der Waals surface area contributed by atoms with Crippen molar-refractivity contribution < 1.29 is 4.42 Å². The third-order valence-electron chi connectivity index (χ3n) is 9.71. The third-order valence-corrected chi connectivity index (χ3v) is 9.71. The Morgan fingerprint density at radius 1 is 0.412 bits per heavy atom. The fraction of sp³-hybridized carbons (Fsp3) is 0. The lowest BCUT2D eigenvalue weighted by Crippen LogP contribution is -2.13. The quantitative estimate of drug-likeness (QED) is 0.179. The van der Waals surface area contributed by atoms with Crippen LogP contribution in [-0.4, -0.2) is 14.5 Å². The Hall–Kier alpha value is -6.98. The molecule has 10 rings (SSSR count). The lowest BCUT2D eigenvalue weighted by atomic mass is 10.1. The number of furan rings is 1. The average molecular weight is 655 g/mol. The minimum Gasteiger partial charge on any atom is -0.456 e. The molecule has 0 saturated carbocycles. The predicted molar refractivity (Wildman–Crippen MR) is 209 cm³/mol. The first-order valence-electron chi connectivity index (χ1n) is 17.1. The van der Waals surface area contributed by atoms with Crippen molar-refractivity contribution in [2.75, 3.05) is 4.90 Å². The highest BCUT2D eigenvalue weighted by Crippen LogP contribution is 2.41. The molecular formula is C46H30N4O. The molecule has 0 aliphatic carbocycles. The maximum absolute atomic E-state index is 6.19. The number of anilines is 3. The molecule has 0 N–H and O–H groups in total. The fourth-order valence-corrected chi connectivity index (χ4v) is 7.26. The summed E-state index contributed by atoms with van der Waals surface area (Å²) in [5, 5.41) is 4.45. The van der Waals surface area contributed by atoms with Crippen LogP contribution in [0.5, 0.6) is 0 Å². The first-order valence-corrected chi connectivity index (χ1v) is 17.1. The largest absolute Gasteiger partial charge is 0.456 e. The van der Waals surface area contributed by atoms with Gasteiger partial charge >= 0.3 is 0 Å². The zero-order valence-corrected chi connectivity index (χ0v) is 27.5. The second-order valence-corrected chi connectivity index (χ2v) is 12.7. The number of benzene rings is 7. The van der Waals surface area contributed by atoms with Gasteiger partial charge in [0.15, 0.2) is 0 Å². The predicted octanol–water partition coefficient (Wildman–Crippen LogP) is 12.3. The topological polar surface area (TPSA) is 47.1 Å². The Balaban J connectivity index is 1.14. The van der Waals surface area contributed by atoms with Crippen LogP contribution < -0.4 is 4.90 Å². The Morgan fingerprint density at radius 3 is 1.71 bits per heavy atom. The smallest absolute Gasteiger partial charge is 0.234 e. The summed E-state index contributed by atoms with van der Waals surface area (Å²) >= 11 is 0. The highest BCUT2D eigenvalue weighted by Gasteiger charge is 2.20. The summed E-state index contributed by atoms with van der Waals surface area (Å²) in [6, 6.07) is 59.3. The lowest BCUT2D eigenvalue weighted by Gasteiger charge is -2.23. The number of hydrogen-bond donors (Lipinski definition) is 0. The van der Waals surface area contributed by atoms with Crippen LogP contribution in [0.2, 0.25) is 0 Å². The molecule has 0 amide bonds. The van der Waals surface area contributed by atoms with Crippen molar-refractivity contribution in [1.29, 1.82) is 0 Å². The van der Waals surface area contributed by atoms with Crippen LogP contribution in [0.3, 0.4) is 0 Å². The van der Waals surface area contributed by atoms with E-state index >= 15 is 0 Å². The number of nitrogens with zero attached hydrogens (tertiary/aromatic N) is 4. The summed E-state index contributed by atoms with van der Waals surface area (Å²) in [6.07, 6.45) is 3.81. The van der Waals surface area contributed by atoms with Gasteiger partial charge in [0, 0.05) is 56.6 Å².